The SMILES string of the molecule is CN1CCN(S(=O)(=O)c2ccc(NC(=S)NC(=O)c3ccccc3OCCOc3ccccc3)cc2)CC1. The number of hydrogen-bond donors (Lipinski definition) is 2. The first kappa shape index (κ1) is 27.5. The topological polar surface area (TPSA) is 100 Å². The third-order valence-corrected chi connectivity index (χ3v) is 8.04. The van der Waals surface area contributed by atoms with Gasteiger partial charge in [-0.15, -0.1) is 0 Å². The number of carbonyl (C=O) groups excluding carboxylic acids is 1. The molecule has 3 aromatic carbocycles. The molecule has 1 aliphatic rings. The first-order valence-corrected chi connectivity index (χ1v) is 14.0. The molecule has 1 aliphatic heterocycles. The maximum Gasteiger partial charge on any atom is 0.261 e. The van der Waals surface area contributed by atoms with Crippen molar-refractivity contribution in [2.45, 2.75) is 4.90 Å². The lowest BCUT2D eigenvalue weighted by Gasteiger charge is -2.31. The van der Waals surface area contributed by atoms with E-state index in [1.165, 1.54) is 16.4 Å². The van der Waals surface area contributed by atoms with Gasteiger partial charge in [-0.1, -0.05) is 30.3 Å². The summed E-state index contributed by atoms with van der Waals surface area (Å²) in [4.78, 5) is 15.2. The van der Waals surface area contributed by atoms with Crippen LogP contribution in [0, 0.1) is 0 Å². The maximum absolute atomic E-state index is 12.9. The van der Waals surface area contributed by atoms with Crippen molar-refractivity contribution in [1.29, 1.82) is 0 Å². The number of benzene rings is 3. The van der Waals surface area contributed by atoms with E-state index in [0.29, 0.717) is 49.8 Å². The van der Waals surface area contributed by atoms with Crippen LogP contribution in [0.25, 0.3) is 0 Å². The van der Waals surface area contributed by atoms with Crippen LogP contribution in [0.5, 0.6) is 11.5 Å². The molecule has 0 unspecified atom stereocenters. The molecule has 0 aliphatic carbocycles. The molecule has 1 saturated heterocycles. The number of nitrogens with one attached hydrogen (secondary N) is 2. The van der Waals surface area contributed by atoms with Crippen LogP contribution in [0.2, 0.25) is 0 Å². The number of anilines is 1. The molecule has 0 spiro atoms. The highest BCUT2D eigenvalue weighted by Gasteiger charge is 2.27. The molecule has 11 heteroatoms. The van der Waals surface area contributed by atoms with E-state index in [9.17, 15) is 13.2 Å². The molecule has 1 heterocycles. The zero-order valence-electron chi connectivity index (χ0n) is 21.0. The van der Waals surface area contributed by atoms with Crippen molar-refractivity contribution in [3.63, 3.8) is 0 Å². The molecule has 1 amide bonds. The highest BCUT2D eigenvalue weighted by Crippen LogP contribution is 2.21. The predicted molar refractivity (Wildman–Crippen MR) is 150 cm³/mol. The maximum atomic E-state index is 12.9. The van der Waals surface area contributed by atoms with Crippen LogP contribution in [0.3, 0.4) is 0 Å². The van der Waals surface area contributed by atoms with Gasteiger partial charge in [0, 0.05) is 31.9 Å². The Morgan fingerprint density at radius 1 is 0.868 bits per heavy atom. The number of rotatable bonds is 9. The second-order valence-electron chi connectivity index (χ2n) is 8.65. The summed E-state index contributed by atoms with van der Waals surface area (Å²) in [6.45, 7) is 2.89. The Balaban J connectivity index is 1.30. The molecule has 200 valence electrons. The molecular weight excluding hydrogens is 524 g/mol. The van der Waals surface area contributed by atoms with E-state index in [1.54, 1.807) is 36.4 Å². The molecular formula is C27H30N4O5S2. The van der Waals surface area contributed by atoms with Crippen molar-refractivity contribution in [1.82, 2.24) is 14.5 Å². The van der Waals surface area contributed by atoms with E-state index < -0.39 is 15.9 Å². The molecule has 3 aromatic rings. The normalized spacial score (nSPS) is 14.4. The molecule has 4 rings (SSSR count). The Morgan fingerprint density at radius 2 is 1.50 bits per heavy atom. The van der Waals surface area contributed by atoms with E-state index in [-0.39, 0.29) is 16.6 Å². The lowest BCUT2D eigenvalue weighted by atomic mass is 10.2. The van der Waals surface area contributed by atoms with Crippen LogP contribution in [-0.2, 0) is 10.0 Å². The van der Waals surface area contributed by atoms with Gasteiger partial charge >= 0.3 is 0 Å². The number of carbonyl (C=O) groups is 1. The van der Waals surface area contributed by atoms with Crippen LogP contribution >= 0.6 is 12.2 Å². The molecule has 1 fully saturated rings. The average molecular weight is 555 g/mol. The third-order valence-electron chi connectivity index (χ3n) is 5.92. The minimum atomic E-state index is -3.56. The third kappa shape index (κ3) is 7.29. The van der Waals surface area contributed by atoms with E-state index in [0.717, 1.165) is 5.75 Å². The Kier molecular flexibility index (Phi) is 9.29. The van der Waals surface area contributed by atoms with Gasteiger partial charge in [0.25, 0.3) is 5.91 Å². The molecule has 0 aromatic heterocycles. The molecule has 0 bridgehead atoms. The van der Waals surface area contributed by atoms with Gasteiger partial charge < -0.3 is 19.7 Å². The van der Waals surface area contributed by atoms with Gasteiger partial charge in [-0.3, -0.25) is 10.1 Å². The lowest BCUT2D eigenvalue weighted by molar-refractivity contribution is 0.0972. The largest absolute Gasteiger partial charge is 0.490 e. The van der Waals surface area contributed by atoms with Crippen LogP contribution in [0.4, 0.5) is 5.69 Å². The van der Waals surface area contributed by atoms with Crippen LogP contribution in [0.15, 0.2) is 83.8 Å². The van der Waals surface area contributed by atoms with Gasteiger partial charge in [0.2, 0.25) is 10.0 Å². The summed E-state index contributed by atoms with van der Waals surface area (Å²) in [5, 5.41) is 5.64. The summed E-state index contributed by atoms with van der Waals surface area (Å²) < 4.78 is 38.7. The summed E-state index contributed by atoms with van der Waals surface area (Å²) in [6.07, 6.45) is 0. The van der Waals surface area contributed by atoms with Crippen LogP contribution in [0.1, 0.15) is 10.4 Å². The number of likely N-dealkylation sites (N-methyl/N-ethyl adjacent to an activating group) is 1. The van der Waals surface area contributed by atoms with Crippen molar-refractivity contribution in [2.75, 3.05) is 51.8 Å². The standard InChI is InChI=1S/C27H30N4O5S2/c1-30-15-17-31(18-16-30)38(33,34)23-13-11-21(12-14-23)28-27(37)29-26(32)24-9-5-6-10-25(24)36-20-19-35-22-7-3-2-4-8-22/h2-14H,15-20H2,1H3,(H2,28,29,32,37). The molecule has 0 saturated carbocycles. The number of hydrogen-bond acceptors (Lipinski definition) is 7. The zero-order valence-corrected chi connectivity index (χ0v) is 22.6. The summed E-state index contributed by atoms with van der Waals surface area (Å²) in [5.41, 5.74) is 0.875. The second-order valence-corrected chi connectivity index (χ2v) is 11.0. The summed E-state index contributed by atoms with van der Waals surface area (Å²) in [7, 11) is -1.59. The Labute approximate surface area is 228 Å². The number of piperazine rings is 1. The molecule has 38 heavy (non-hydrogen) atoms. The lowest BCUT2D eigenvalue weighted by Crippen LogP contribution is -2.46. The van der Waals surface area contributed by atoms with E-state index in [2.05, 4.69) is 15.5 Å². The minimum Gasteiger partial charge on any atom is -0.490 e. The van der Waals surface area contributed by atoms with Gasteiger partial charge in [0.1, 0.15) is 24.7 Å². The highest BCUT2D eigenvalue weighted by molar-refractivity contribution is 7.89. The van der Waals surface area contributed by atoms with Crippen molar-refractivity contribution in [3.8, 4) is 11.5 Å². The van der Waals surface area contributed by atoms with Crippen molar-refractivity contribution in [3.05, 3.63) is 84.4 Å². The number of nitrogens with zero attached hydrogens (tertiary/aromatic N) is 2. The monoisotopic (exact) mass is 554 g/mol. The predicted octanol–water partition coefficient (Wildman–Crippen LogP) is 3.21. The second kappa shape index (κ2) is 12.8. The van der Waals surface area contributed by atoms with E-state index in [1.807, 2.05) is 37.4 Å². The van der Waals surface area contributed by atoms with Crippen molar-refractivity contribution in [2.24, 2.45) is 0 Å². The number of sulfonamides is 1. The van der Waals surface area contributed by atoms with Gasteiger partial charge in [0.15, 0.2) is 5.11 Å². The quantitative estimate of drug-likeness (QED) is 0.307. The van der Waals surface area contributed by atoms with Crippen molar-refractivity contribution < 1.29 is 22.7 Å². The number of thiocarbonyl (C=S) groups is 1. The summed E-state index contributed by atoms with van der Waals surface area (Å²) in [6, 6.07) is 22.5. The van der Waals surface area contributed by atoms with E-state index >= 15 is 0 Å². The van der Waals surface area contributed by atoms with Crippen molar-refractivity contribution >= 4 is 38.9 Å². The fourth-order valence-corrected chi connectivity index (χ4v) is 5.46. The fraction of sp³-hybridized carbons (Fsp3) is 0.259. The Morgan fingerprint density at radius 3 is 2.21 bits per heavy atom. The number of para-hydroxylation sites is 2. The molecule has 9 nitrogen and oxygen atoms in total. The molecule has 2 N–H and O–H groups in total. The highest BCUT2D eigenvalue weighted by atomic mass is 32.2. The zero-order chi connectivity index (χ0) is 27.0. The Hall–Kier alpha value is -3.51. The van der Waals surface area contributed by atoms with Crippen LogP contribution in [-0.4, -0.2) is 75.1 Å². The number of ether oxygens (including phenoxy) is 2. The van der Waals surface area contributed by atoms with Gasteiger partial charge in [-0.2, -0.15) is 4.31 Å². The molecule has 0 atom stereocenters. The van der Waals surface area contributed by atoms with Gasteiger partial charge in [-0.25, -0.2) is 8.42 Å². The fourth-order valence-electron chi connectivity index (χ4n) is 3.83. The smallest absolute Gasteiger partial charge is 0.261 e. The number of amides is 1. The van der Waals surface area contributed by atoms with Gasteiger partial charge in [-0.05, 0) is 67.8 Å². The molecule has 0 radical (unpaired) electrons. The van der Waals surface area contributed by atoms with Crippen LogP contribution < -0.4 is 20.1 Å². The van der Waals surface area contributed by atoms with Gasteiger partial charge in [0.05, 0.1) is 10.5 Å². The van der Waals surface area contributed by atoms with E-state index in [4.69, 9.17) is 21.7 Å². The first-order valence-electron chi connectivity index (χ1n) is 12.1. The first-order chi connectivity index (χ1) is 18.3. The Bertz CT molecular complexity index is 1340. The summed E-state index contributed by atoms with van der Waals surface area (Å²) in [5.74, 6) is 0.711. The average Bonchev–Trinajstić information content (AvgIpc) is 2.92. The minimum absolute atomic E-state index is 0.0758. The summed E-state index contributed by atoms with van der Waals surface area (Å²) >= 11 is 5.30.